The van der Waals surface area contributed by atoms with Crippen LogP contribution in [0.2, 0.25) is 0 Å². The number of aryl methyl sites for hydroxylation is 1. The first-order chi connectivity index (χ1) is 16.4. The Morgan fingerprint density at radius 1 is 1.18 bits per heavy atom. The number of aromatic amines is 1. The lowest BCUT2D eigenvalue weighted by molar-refractivity contribution is -0.384. The van der Waals surface area contributed by atoms with Gasteiger partial charge in [0.2, 0.25) is 0 Å². The number of hydrogen-bond acceptors (Lipinski definition) is 7. The number of H-pyrrole nitrogens is 1. The Hall–Kier alpha value is -4.02. The number of carbonyl (C=O) groups excluding carboxylic acids is 1. The molecule has 1 aliphatic heterocycles. The highest BCUT2D eigenvalue weighted by atomic mass is 16.6. The number of anilines is 1. The van der Waals surface area contributed by atoms with Crippen LogP contribution in [-0.4, -0.2) is 56.4 Å². The quantitative estimate of drug-likeness (QED) is 0.450. The van der Waals surface area contributed by atoms with Crippen molar-refractivity contribution >= 4 is 28.3 Å². The lowest BCUT2D eigenvalue weighted by Gasteiger charge is -2.36. The predicted octanol–water partition coefficient (Wildman–Crippen LogP) is 1.85. The third kappa shape index (κ3) is 3.82. The molecule has 1 N–H and O–H groups in total. The summed E-state index contributed by atoms with van der Waals surface area (Å²) in [6.45, 7) is 3.91. The Morgan fingerprint density at radius 2 is 1.91 bits per heavy atom. The van der Waals surface area contributed by atoms with Crippen molar-refractivity contribution in [2.75, 3.05) is 31.1 Å². The number of amides is 1. The number of nitro groups is 1. The summed E-state index contributed by atoms with van der Waals surface area (Å²) in [5.74, 6) is -0.0406. The van der Waals surface area contributed by atoms with Gasteiger partial charge in [-0.25, -0.2) is 9.78 Å². The van der Waals surface area contributed by atoms with Crippen LogP contribution < -0.4 is 16.1 Å². The number of piperazine rings is 1. The molecule has 1 amide bonds. The molecular formula is C23H24N6O5. The zero-order chi connectivity index (χ0) is 24.0. The molecule has 11 heteroatoms. The van der Waals surface area contributed by atoms with Crippen molar-refractivity contribution in [3.05, 3.63) is 72.5 Å². The largest absolute Gasteiger partial charge is 0.368 e. The van der Waals surface area contributed by atoms with E-state index in [0.717, 1.165) is 24.2 Å². The van der Waals surface area contributed by atoms with E-state index in [2.05, 4.69) is 9.97 Å². The molecule has 0 bridgehead atoms. The number of fused-ring (bicyclic) bond motifs is 1. The normalized spacial score (nSPS) is 16.1. The highest BCUT2D eigenvalue weighted by molar-refractivity contribution is 6.05. The minimum absolute atomic E-state index is 0.0214. The van der Waals surface area contributed by atoms with Gasteiger partial charge in [-0.2, -0.15) is 0 Å². The maximum absolute atomic E-state index is 13.6. The van der Waals surface area contributed by atoms with Crippen LogP contribution in [0.3, 0.4) is 0 Å². The van der Waals surface area contributed by atoms with Gasteiger partial charge in [-0.3, -0.25) is 29.3 Å². The molecule has 1 aromatic carbocycles. The van der Waals surface area contributed by atoms with Crippen LogP contribution in [0.4, 0.5) is 11.4 Å². The Labute approximate surface area is 193 Å². The SMILES string of the molecule is CCn1c(=O)[nH]c(=O)c2c(C(=O)N3CCN(c4cccc([N+](=O)[O-])c4)CC3)cc(C3CC3)nc21. The number of carbonyl (C=O) groups is 1. The average Bonchev–Trinajstić information content (AvgIpc) is 3.69. The Balaban J connectivity index is 1.46. The molecule has 5 rings (SSSR count). The fourth-order valence-corrected chi connectivity index (χ4v) is 4.49. The molecule has 0 spiro atoms. The Kier molecular flexibility index (Phi) is 5.39. The van der Waals surface area contributed by atoms with Gasteiger partial charge in [0.25, 0.3) is 17.2 Å². The number of nitrogens with one attached hydrogen (secondary N) is 1. The summed E-state index contributed by atoms with van der Waals surface area (Å²) in [6, 6.07) is 8.14. The lowest BCUT2D eigenvalue weighted by Crippen LogP contribution is -2.49. The second-order valence-corrected chi connectivity index (χ2v) is 8.63. The Morgan fingerprint density at radius 3 is 2.56 bits per heavy atom. The molecule has 2 aliphatic rings. The molecular weight excluding hydrogens is 440 g/mol. The van der Waals surface area contributed by atoms with Crippen LogP contribution in [0.25, 0.3) is 11.0 Å². The molecule has 0 atom stereocenters. The summed E-state index contributed by atoms with van der Waals surface area (Å²) < 4.78 is 1.39. The van der Waals surface area contributed by atoms with Gasteiger partial charge in [0.1, 0.15) is 0 Å². The zero-order valence-electron chi connectivity index (χ0n) is 18.7. The topological polar surface area (TPSA) is 134 Å². The van der Waals surface area contributed by atoms with Gasteiger partial charge in [-0.05, 0) is 31.9 Å². The molecule has 3 heterocycles. The van der Waals surface area contributed by atoms with Gasteiger partial charge in [-0.15, -0.1) is 0 Å². The highest BCUT2D eigenvalue weighted by Crippen LogP contribution is 2.40. The first-order valence-electron chi connectivity index (χ1n) is 11.3. The van der Waals surface area contributed by atoms with E-state index in [0.29, 0.717) is 32.7 Å². The van der Waals surface area contributed by atoms with Crippen molar-refractivity contribution in [1.82, 2.24) is 19.4 Å². The minimum Gasteiger partial charge on any atom is -0.368 e. The van der Waals surface area contributed by atoms with E-state index in [1.54, 1.807) is 24.0 Å². The van der Waals surface area contributed by atoms with E-state index in [9.17, 15) is 24.5 Å². The van der Waals surface area contributed by atoms with Crippen LogP contribution in [0.5, 0.6) is 0 Å². The molecule has 1 aliphatic carbocycles. The average molecular weight is 464 g/mol. The molecule has 2 fully saturated rings. The van der Waals surface area contributed by atoms with Crippen molar-refractivity contribution in [2.24, 2.45) is 0 Å². The maximum atomic E-state index is 13.6. The first kappa shape index (κ1) is 21.8. The van der Waals surface area contributed by atoms with Gasteiger partial charge in [0, 0.05) is 62.2 Å². The summed E-state index contributed by atoms with van der Waals surface area (Å²) >= 11 is 0. The van der Waals surface area contributed by atoms with Gasteiger partial charge >= 0.3 is 5.69 Å². The van der Waals surface area contributed by atoms with E-state index in [1.165, 1.54) is 16.7 Å². The third-order valence-corrected chi connectivity index (χ3v) is 6.48. The fraction of sp³-hybridized carbons (Fsp3) is 0.391. The third-order valence-electron chi connectivity index (χ3n) is 6.48. The summed E-state index contributed by atoms with van der Waals surface area (Å²) in [4.78, 5) is 59.9. The maximum Gasteiger partial charge on any atom is 0.329 e. The van der Waals surface area contributed by atoms with Crippen molar-refractivity contribution in [2.45, 2.75) is 32.2 Å². The zero-order valence-corrected chi connectivity index (χ0v) is 18.7. The van der Waals surface area contributed by atoms with Crippen LogP contribution in [0.15, 0.2) is 39.9 Å². The molecule has 3 aromatic rings. The molecule has 11 nitrogen and oxygen atoms in total. The van der Waals surface area contributed by atoms with Crippen molar-refractivity contribution in [3.63, 3.8) is 0 Å². The van der Waals surface area contributed by atoms with E-state index in [4.69, 9.17) is 0 Å². The molecule has 1 saturated carbocycles. The van der Waals surface area contributed by atoms with E-state index in [1.807, 2.05) is 11.0 Å². The number of benzene rings is 1. The fourth-order valence-electron chi connectivity index (χ4n) is 4.49. The van der Waals surface area contributed by atoms with E-state index < -0.39 is 16.2 Å². The molecule has 34 heavy (non-hydrogen) atoms. The predicted molar refractivity (Wildman–Crippen MR) is 125 cm³/mol. The molecule has 0 unspecified atom stereocenters. The summed E-state index contributed by atoms with van der Waals surface area (Å²) in [5.41, 5.74) is 0.849. The van der Waals surface area contributed by atoms with Crippen LogP contribution >= 0.6 is 0 Å². The Bertz CT molecular complexity index is 1420. The van der Waals surface area contributed by atoms with Crippen molar-refractivity contribution in [3.8, 4) is 0 Å². The number of nitrogens with zero attached hydrogens (tertiary/aromatic N) is 5. The highest BCUT2D eigenvalue weighted by Gasteiger charge is 2.31. The van der Waals surface area contributed by atoms with Crippen molar-refractivity contribution in [1.29, 1.82) is 0 Å². The van der Waals surface area contributed by atoms with Gasteiger partial charge in [0.15, 0.2) is 5.65 Å². The smallest absolute Gasteiger partial charge is 0.329 e. The van der Waals surface area contributed by atoms with Gasteiger partial charge < -0.3 is 9.80 Å². The number of nitro benzene ring substituents is 1. The van der Waals surface area contributed by atoms with Crippen LogP contribution in [0.1, 0.15) is 41.7 Å². The summed E-state index contributed by atoms with van der Waals surface area (Å²) in [5, 5.41) is 11.2. The van der Waals surface area contributed by atoms with E-state index in [-0.39, 0.29) is 34.1 Å². The standard InChI is InChI=1S/C23H24N6O5/c1-2-28-20-19(21(30)25-23(28)32)17(13-18(24-20)14-6-7-14)22(31)27-10-8-26(9-11-27)15-4-3-5-16(12-15)29(33)34/h3-5,12-14H,2,6-11H2,1H3,(H,25,30,32). The van der Waals surface area contributed by atoms with E-state index >= 15 is 0 Å². The molecule has 1 saturated heterocycles. The van der Waals surface area contributed by atoms with Crippen LogP contribution in [0, 0.1) is 10.1 Å². The number of rotatable bonds is 5. The van der Waals surface area contributed by atoms with Crippen LogP contribution in [-0.2, 0) is 6.54 Å². The number of aromatic nitrogens is 3. The second-order valence-electron chi connectivity index (χ2n) is 8.63. The van der Waals surface area contributed by atoms with Gasteiger partial charge in [-0.1, -0.05) is 6.07 Å². The molecule has 176 valence electrons. The summed E-state index contributed by atoms with van der Waals surface area (Å²) in [7, 11) is 0. The lowest BCUT2D eigenvalue weighted by atomic mass is 10.1. The number of hydrogen-bond donors (Lipinski definition) is 1. The molecule has 0 radical (unpaired) electrons. The first-order valence-corrected chi connectivity index (χ1v) is 11.3. The minimum atomic E-state index is -0.613. The second kappa shape index (κ2) is 8.40. The number of pyridine rings is 1. The number of non-ortho nitro benzene ring substituents is 1. The van der Waals surface area contributed by atoms with Crippen molar-refractivity contribution < 1.29 is 9.72 Å². The monoisotopic (exact) mass is 464 g/mol. The van der Waals surface area contributed by atoms with Gasteiger partial charge in [0.05, 0.1) is 15.9 Å². The summed E-state index contributed by atoms with van der Waals surface area (Å²) in [6.07, 6.45) is 1.93. The molecule has 2 aromatic heterocycles.